The SMILES string of the molecule is CCCCC(CC)COCC1CNCC(C)O1. The number of nitrogens with one attached hydrogen (secondary N) is 1. The summed E-state index contributed by atoms with van der Waals surface area (Å²) in [5.41, 5.74) is 0. The van der Waals surface area contributed by atoms with Crippen LogP contribution in [0.25, 0.3) is 0 Å². The van der Waals surface area contributed by atoms with Gasteiger partial charge in [-0.2, -0.15) is 0 Å². The Balaban J connectivity index is 2.08. The van der Waals surface area contributed by atoms with Gasteiger partial charge in [0.15, 0.2) is 0 Å². The Morgan fingerprint density at radius 1 is 1.35 bits per heavy atom. The van der Waals surface area contributed by atoms with Crippen molar-refractivity contribution in [2.45, 2.75) is 58.7 Å². The van der Waals surface area contributed by atoms with Crippen LogP contribution in [0.3, 0.4) is 0 Å². The van der Waals surface area contributed by atoms with Gasteiger partial charge in [-0.1, -0.05) is 33.1 Å². The summed E-state index contributed by atoms with van der Waals surface area (Å²) in [6.07, 6.45) is 5.68. The van der Waals surface area contributed by atoms with Gasteiger partial charge in [-0.3, -0.25) is 0 Å². The predicted molar refractivity (Wildman–Crippen MR) is 71.3 cm³/mol. The fourth-order valence-electron chi connectivity index (χ4n) is 2.23. The van der Waals surface area contributed by atoms with Crippen LogP contribution < -0.4 is 5.32 Å². The lowest BCUT2D eigenvalue weighted by Gasteiger charge is -2.29. The van der Waals surface area contributed by atoms with Crippen LogP contribution in [-0.4, -0.2) is 38.5 Å². The van der Waals surface area contributed by atoms with Gasteiger partial charge in [0.1, 0.15) is 0 Å². The number of hydrogen-bond donors (Lipinski definition) is 1. The highest BCUT2D eigenvalue weighted by atomic mass is 16.5. The van der Waals surface area contributed by atoms with Crippen LogP contribution in [0.4, 0.5) is 0 Å². The van der Waals surface area contributed by atoms with E-state index >= 15 is 0 Å². The first-order chi connectivity index (χ1) is 8.26. The Hall–Kier alpha value is -0.120. The van der Waals surface area contributed by atoms with Crippen LogP contribution in [0.15, 0.2) is 0 Å². The first kappa shape index (κ1) is 14.9. The molecular formula is C14H29NO2. The van der Waals surface area contributed by atoms with Gasteiger partial charge in [-0.15, -0.1) is 0 Å². The van der Waals surface area contributed by atoms with Crippen LogP contribution in [0, 0.1) is 5.92 Å². The van der Waals surface area contributed by atoms with Crippen molar-refractivity contribution in [2.75, 3.05) is 26.3 Å². The summed E-state index contributed by atoms with van der Waals surface area (Å²) in [5, 5.41) is 3.37. The molecule has 0 aromatic carbocycles. The van der Waals surface area contributed by atoms with E-state index in [2.05, 4.69) is 26.1 Å². The van der Waals surface area contributed by atoms with Crippen molar-refractivity contribution in [1.29, 1.82) is 0 Å². The van der Waals surface area contributed by atoms with Crippen molar-refractivity contribution in [3.05, 3.63) is 0 Å². The third-order valence-corrected chi connectivity index (χ3v) is 3.43. The van der Waals surface area contributed by atoms with Crippen LogP contribution in [-0.2, 0) is 9.47 Å². The van der Waals surface area contributed by atoms with E-state index in [0.29, 0.717) is 6.10 Å². The molecule has 0 aromatic rings. The molecule has 3 atom stereocenters. The average Bonchev–Trinajstić information content (AvgIpc) is 2.33. The summed E-state index contributed by atoms with van der Waals surface area (Å²) in [6.45, 7) is 10.1. The van der Waals surface area contributed by atoms with E-state index in [1.54, 1.807) is 0 Å². The minimum Gasteiger partial charge on any atom is -0.378 e. The maximum Gasteiger partial charge on any atom is 0.0936 e. The fourth-order valence-corrected chi connectivity index (χ4v) is 2.23. The summed E-state index contributed by atoms with van der Waals surface area (Å²) < 4.78 is 11.6. The molecule has 1 aliphatic heterocycles. The largest absolute Gasteiger partial charge is 0.378 e. The van der Waals surface area contributed by atoms with Gasteiger partial charge in [0.05, 0.1) is 18.8 Å². The maximum atomic E-state index is 5.81. The molecule has 1 fully saturated rings. The zero-order valence-corrected chi connectivity index (χ0v) is 11.7. The third kappa shape index (κ3) is 6.39. The first-order valence-electron chi connectivity index (χ1n) is 7.20. The summed E-state index contributed by atoms with van der Waals surface area (Å²) in [4.78, 5) is 0. The average molecular weight is 243 g/mol. The van der Waals surface area contributed by atoms with E-state index < -0.39 is 0 Å². The van der Waals surface area contributed by atoms with E-state index in [9.17, 15) is 0 Å². The number of hydrogen-bond acceptors (Lipinski definition) is 3. The van der Waals surface area contributed by atoms with Gasteiger partial charge in [0.2, 0.25) is 0 Å². The molecule has 1 saturated heterocycles. The fraction of sp³-hybridized carbons (Fsp3) is 1.00. The molecule has 17 heavy (non-hydrogen) atoms. The number of unbranched alkanes of at least 4 members (excludes halogenated alkanes) is 1. The Morgan fingerprint density at radius 2 is 2.18 bits per heavy atom. The summed E-state index contributed by atoms with van der Waals surface area (Å²) in [5.74, 6) is 0.726. The second-order valence-corrected chi connectivity index (χ2v) is 5.18. The second-order valence-electron chi connectivity index (χ2n) is 5.18. The Kier molecular flexibility index (Phi) is 7.82. The van der Waals surface area contributed by atoms with E-state index in [-0.39, 0.29) is 6.10 Å². The quantitative estimate of drug-likeness (QED) is 0.711. The zero-order chi connectivity index (χ0) is 12.5. The summed E-state index contributed by atoms with van der Waals surface area (Å²) >= 11 is 0. The standard InChI is InChI=1S/C14H29NO2/c1-4-6-7-13(5-2)10-16-11-14-9-15-8-12(3)17-14/h12-15H,4-11H2,1-3H3. The first-order valence-corrected chi connectivity index (χ1v) is 7.20. The van der Waals surface area contributed by atoms with Crippen molar-refractivity contribution in [3.8, 4) is 0 Å². The highest BCUT2D eigenvalue weighted by Crippen LogP contribution is 2.13. The highest BCUT2D eigenvalue weighted by Gasteiger charge is 2.19. The lowest BCUT2D eigenvalue weighted by molar-refractivity contribution is -0.0732. The molecule has 102 valence electrons. The van der Waals surface area contributed by atoms with Crippen LogP contribution in [0.5, 0.6) is 0 Å². The molecule has 0 spiro atoms. The van der Waals surface area contributed by atoms with Gasteiger partial charge >= 0.3 is 0 Å². The molecule has 1 heterocycles. The maximum absolute atomic E-state index is 5.81. The van der Waals surface area contributed by atoms with E-state index in [4.69, 9.17) is 9.47 Å². The van der Waals surface area contributed by atoms with E-state index in [1.165, 1.54) is 25.7 Å². The molecule has 1 rings (SSSR count). The molecule has 1 N–H and O–H groups in total. The van der Waals surface area contributed by atoms with Gasteiger partial charge in [0, 0.05) is 19.7 Å². The molecule has 0 radical (unpaired) electrons. The van der Waals surface area contributed by atoms with Crippen LogP contribution in [0.2, 0.25) is 0 Å². The summed E-state index contributed by atoms with van der Waals surface area (Å²) in [7, 11) is 0. The highest BCUT2D eigenvalue weighted by molar-refractivity contribution is 4.71. The normalized spacial score (nSPS) is 27.0. The molecule has 3 heteroatoms. The van der Waals surface area contributed by atoms with Gasteiger partial charge in [-0.25, -0.2) is 0 Å². The Labute approximate surface area is 106 Å². The monoisotopic (exact) mass is 243 g/mol. The minimum atomic E-state index is 0.238. The molecule has 0 aromatic heterocycles. The molecule has 0 aliphatic carbocycles. The molecular weight excluding hydrogens is 214 g/mol. The van der Waals surface area contributed by atoms with Crippen molar-refractivity contribution >= 4 is 0 Å². The third-order valence-electron chi connectivity index (χ3n) is 3.43. The smallest absolute Gasteiger partial charge is 0.0936 e. The predicted octanol–water partition coefficient (Wildman–Crippen LogP) is 2.60. The van der Waals surface area contributed by atoms with Crippen LogP contribution in [0.1, 0.15) is 46.5 Å². The van der Waals surface area contributed by atoms with Gasteiger partial charge in [0.25, 0.3) is 0 Å². The van der Waals surface area contributed by atoms with Gasteiger partial charge in [-0.05, 0) is 19.3 Å². The van der Waals surface area contributed by atoms with Crippen molar-refractivity contribution in [1.82, 2.24) is 5.32 Å². The lowest BCUT2D eigenvalue weighted by atomic mass is 10.0. The van der Waals surface area contributed by atoms with E-state index in [1.807, 2.05) is 0 Å². The van der Waals surface area contributed by atoms with Crippen LogP contribution >= 0.6 is 0 Å². The van der Waals surface area contributed by atoms with Crippen molar-refractivity contribution in [3.63, 3.8) is 0 Å². The summed E-state index contributed by atoms with van der Waals surface area (Å²) in [6, 6.07) is 0. The molecule has 0 saturated carbocycles. The molecule has 3 unspecified atom stereocenters. The van der Waals surface area contributed by atoms with Gasteiger partial charge < -0.3 is 14.8 Å². The molecule has 1 aliphatic rings. The Bertz CT molecular complexity index is 187. The number of ether oxygens (including phenoxy) is 2. The topological polar surface area (TPSA) is 30.5 Å². The Morgan fingerprint density at radius 3 is 2.82 bits per heavy atom. The molecule has 0 bridgehead atoms. The number of morpholine rings is 1. The van der Waals surface area contributed by atoms with Crippen molar-refractivity contribution < 1.29 is 9.47 Å². The zero-order valence-electron chi connectivity index (χ0n) is 11.7. The van der Waals surface area contributed by atoms with Crippen molar-refractivity contribution in [2.24, 2.45) is 5.92 Å². The number of rotatable bonds is 8. The van der Waals surface area contributed by atoms with E-state index in [0.717, 1.165) is 32.2 Å². The second kappa shape index (κ2) is 8.90. The minimum absolute atomic E-state index is 0.238. The molecule has 0 amide bonds. The lowest BCUT2D eigenvalue weighted by Crippen LogP contribution is -2.45. The molecule has 3 nitrogen and oxygen atoms in total.